The van der Waals surface area contributed by atoms with Gasteiger partial charge in [0.1, 0.15) is 5.75 Å². The maximum atomic E-state index is 7.46. The van der Waals surface area contributed by atoms with E-state index in [4.69, 9.17) is 15.9 Å². The lowest BCUT2D eigenvalue weighted by Crippen LogP contribution is -2.31. The summed E-state index contributed by atoms with van der Waals surface area (Å²) in [5.41, 5.74) is 6.50. The van der Waals surface area contributed by atoms with Crippen LogP contribution in [0.3, 0.4) is 0 Å². The third-order valence-electron chi connectivity index (χ3n) is 2.93. The molecule has 0 aliphatic heterocycles. The fraction of sp³-hybridized carbons (Fsp3) is 0.500. The van der Waals surface area contributed by atoms with Crippen molar-refractivity contribution < 1.29 is 4.74 Å². The van der Waals surface area contributed by atoms with Gasteiger partial charge in [0.2, 0.25) is 0 Å². The fourth-order valence-electron chi connectivity index (χ4n) is 1.54. The molecule has 1 aromatic carbocycles. The molecule has 3 nitrogen and oxygen atoms in total. The lowest BCUT2D eigenvalue weighted by atomic mass is 9.87. The number of benzene rings is 1. The van der Waals surface area contributed by atoms with Crippen LogP contribution < -0.4 is 10.5 Å². The van der Waals surface area contributed by atoms with Gasteiger partial charge in [0, 0.05) is 5.41 Å². The highest BCUT2D eigenvalue weighted by atomic mass is 16.5. The summed E-state index contributed by atoms with van der Waals surface area (Å²) in [5, 5.41) is 7.46. The summed E-state index contributed by atoms with van der Waals surface area (Å²) in [4.78, 5) is 0. The van der Waals surface area contributed by atoms with Crippen LogP contribution in [0.25, 0.3) is 0 Å². The molecule has 1 aromatic rings. The van der Waals surface area contributed by atoms with Crippen LogP contribution in [0.1, 0.15) is 32.3 Å². The van der Waals surface area contributed by atoms with Crippen LogP contribution in [0.4, 0.5) is 0 Å². The number of nitrogens with two attached hydrogens (primary N) is 1. The first-order valence-electron chi connectivity index (χ1n) is 5.96. The minimum atomic E-state index is -0.226. The van der Waals surface area contributed by atoms with Crippen LogP contribution in [-0.2, 0) is 0 Å². The Kier molecular flexibility index (Phi) is 4.55. The Labute approximate surface area is 103 Å². The van der Waals surface area contributed by atoms with E-state index in [2.05, 4.69) is 0 Å². The van der Waals surface area contributed by atoms with Gasteiger partial charge < -0.3 is 10.5 Å². The van der Waals surface area contributed by atoms with Gasteiger partial charge in [-0.25, -0.2) is 0 Å². The van der Waals surface area contributed by atoms with Crippen LogP contribution >= 0.6 is 0 Å². The van der Waals surface area contributed by atoms with Crippen LogP contribution in [0, 0.1) is 17.7 Å². The van der Waals surface area contributed by atoms with Gasteiger partial charge in [0.05, 0.1) is 12.4 Å². The maximum Gasteiger partial charge on any atom is 0.119 e. The van der Waals surface area contributed by atoms with Crippen LogP contribution in [0.2, 0.25) is 0 Å². The largest absolute Gasteiger partial charge is 0.494 e. The molecule has 0 bridgehead atoms. The zero-order valence-electron chi connectivity index (χ0n) is 10.9. The quantitative estimate of drug-likeness (QED) is 0.451. The molecule has 3 heteroatoms. The Bertz CT molecular complexity index is 386. The van der Waals surface area contributed by atoms with Crippen molar-refractivity contribution in [1.82, 2.24) is 0 Å². The molecule has 1 rings (SSSR count). The number of hydrogen-bond acceptors (Lipinski definition) is 2. The van der Waals surface area contributed by atoms with Crippen molar-refractivity contribution in [1.29, 1.82) is 5.41 Å². The maximum absolute atomic E-state index is 7.46. The molecular formula is C14H22N2O. The summed E-state index contributed by atoms with van der Waals surface area (Å²) in [7, 11) is 0. The fourth-order valence-corrected chi connectivity index (χ4v) is 1.54. The Morgan fingerprint density at radius 1 is 1.41 bits per heavy atom. The van der Waals surface area contributed by atoms with Crippen molar-refractivity contribution in [2.75, 3.05) is 6.61 Å². The van der Waals surface area contributed by atoms with Crippen LogP contribution in [0.15, 0.2) is 24.3 Å². The molecule has 0 saturated carbocycles. The van der Waals surface area contributed by atoms with E-state index in [0.29, 0.717) is 6.61 Å². The molecule has 0 aliphatic carbocycles. The minimum Gasteiger partial charge on any atom is -0.494 e. The molecule has 0 aromatic heterocycles. The second-order valence-corrected chi connectivity index (χ2v) is 5.07. The van der Waals surface area contributed by atoms with E-state index in [1.165, 1.54) is 5.56 Å². The number of rotatable bonds is 6. The Morgan fingerprint density at radius 3 is 2.71 bits per heavy atom. The van der Waals surface area contributed by atoms with E-state index in [-0.39, 0.29) is 11.3 Å². The highest BCUT2D eigenvalue weighted by Gasteiger charge is 2.20. The lowest BCUT2D eigenvalue weighted by molar-refractivity contribution is 0.286. The van der Waals surface area contributed by atoms with Crippen molar-refractivity contribution in [2.45, 2.75) is 33.6 Å². The summed E-state index contributed by atoms with van der Waals surface area (Å²) in [6.45, 7) is 6.69. The van der Waals surface area contributed by atoms with Crippen molar-refractivity contribution in [3.63, 3.8) is 0 Å². The zero-order chi connectivity index (χ0) is 12.9. The molecule has 3 N–H and O–H groups in total. The number of ether oxygens (including phenoxy) is 1. The molecule has 0 radical (unpaired) electrons. The molecule has 94 valence electrons. The highest BCUT2D eigenvalue weighted by Crippen LogP contribution is 2.22. The lowest BCUT2D eigenvalue weighted by Gasteiger charge is -2.22. The third-order valence-corrected chi connectivity index (χ3v) is 2.93. The van der Waals surface area contributed by atoms with E-state index in [1.807, 2.05) is 45.0 Å². The summed E-state index contributed by atoms with van der Waals surface area (Å²) in [5.74, 6) is 1.15. The summed E-state index contributed by atoms with van der Waals surface area (Å²) in [6, 6.07) is 8.02. The third kappa shape index (κ3) is 4.47. The summed E-state index contributed by atoms with van der Waals surface area (Å²) >= 11 is 0. The minimum absolute atomic E-state index is 0.226. The SMILES string of the molecule is Cc1cccc(OCCCC(C)(C)C(=N)N)c1. The van der Waals surface area contributed by atoms with Crippen molar-refractivity contribution in [2.24, 2.45) is 11.1 Å². The van der Waals surface area contributed by atoms with E-state index in [0.717, 1.165) is 18.6 Å². The van der Waals surface area contributed by atoms with Crippen LogP contribution in [0.5, 0.6) is 5.75 Å². The second-order valence-electron chi connectivity index (χ2n) is 5.07. The van der Waals surface area contributed by atoms with Gasteiger partial charge in [0.25, 0.3) is 0 Å². The molecule has 0 unspecified atom stereocenters. The molecular weight excluding hydrogens is 212 g/mol. The Balaban J connectivity index is 2.32. The smallest absolute Gasteiger partial charge is 0.119 e. The second kappa shape index (κ2) is 5.71. The molecule has 0 amide bonds. The average molecular weight is 234 g/mol. The van der Waals surface area contributed by atoms with Gasteiger partial charge in [-0.1, -0.05) is 26.0 Å². The molecule has 17 heavy (non-hydrogen) atoms. The molecule has 0 heterocycles. The van der Waals surface area contributed by atoms with Gasteiger partial charge in [0.15, 0.2) is 0 Å². The van der Waals surface area contributed by atoms with Gasteiger partial charge in [-0.05, 0) is 37.5 Å². The van der Waals surface area contributed by atoms with Crippen molar-refractivity contribution in [3.8, 4) is 5.75 Å². The van der Waals surface area contributed by atoms with E-state index < -0.39 is 0 Å². The number of hydrogen-bond donors (Lipinski definition) is 2. The summed E-state index contributed by atoms with van der Waals surface area (Å²) < 4.78 is 5.65. The topological polar surface area (TPSA) is 59.1 Å². The molecule has 0 atom stereocenters. The standard InChI is InChI=1S/C14H22N2O/c1-11-6-4-7-12(10-11)17-9-5-8-14(2,3)13(15)16/h4,6-7,10H,5,8-9H2,1-3H3,(H3,15,16). The predicted molar refractivity (Wildman–Crippen MR) is 71.6 cm³/mol. The first-order chi connectivity index (χ1) is 7.92. The van der Waals surface area contributed by atoms with Crippen molar-refractivity contribution >= 4 is 5.84 Å². The van der Waals surface area contributed by atoms with E-state index >= 15 is 0 Å². The average Bonchev–Trinajstić information content (AvgIpc) is 2.24. The molecule has 0 saturated heterocycles. The Hall–Kier alpha value is -1.51. The predicted octanol–water partition coefficient (Wildman–Crippen LogP) is 3.12. The van der Waals surface area contributed by atoms with Gasteiger partial charge >= 0.3 is 0 Å². The first kappa shape index (κ1) is 13.6. The molecule has 0 spiro atoms. The highest BCUT2D eigenvalue weighted by molar-refractivity contribution is 5.82. The van der Waals surface area contributed by atoms with E-state index in [9.17, 15) is 0 Å². The van der Waals surface area contributed by atoms with Gasteiger partial charge in [-0.15, -0.1) is 0 Å². The van der Waals surface area contributed by atoms with Crippen molar-refractivity contribution in [3.05, 3.63) is 29.8 Å². The normalized spacial score (nSPS) is 11.2. The summed E-state index contributed by atoms with van der Waals surface area (Å²) in [6.07, 6.45) is 1.77. The van der Waals surface area contributed by atoms with Crippen LogP contribution in [-0.4, -0.2) is 12.4 Å². The molecule has 0 fully saturated rings. The zero-order valence-corrected chi connectivity index (χ0v) is 10.9. The monoisotopic (exact) mass is 234 g/mol. The number of aryl methyl sites for hydroxylation is 1. The van der Waals surface area contributed by atoms with E-state index in [1.54, 1.807) is 0 Å². The number of amidine groups is 1. The number of nitrogens with one attached hydrogen (secondary N) is 1. The van der Waals surface area contributed by atoms with Gasteiger partial charge in [-0.3, -0.25) is 5.41 Å². The van der Waals surface area contributed by atoms with Gasteiger partial charge in [-0.2, -0.15) is 0 Å². The first-order valence-corrected chi connectivity index (χ1v) is 5.96. The Morgan fingerprint density at radius 2 is 2.12 bits per heavy atom. The molecule has 0 aliphatic rings.